The van der Waals surface area contributed by atoms with Crippen molar-refractivity contribution in [1.82, 2.24) is 0 Å². The number of benzene rings is 2. The molecule has 0 saturated heterocycles. The number of rotatable bonds is 6. The summed E-state index contributed by atoms with van der Waals surface area (Å²) in [6, 6.07) is 14.4. The molecule has 0 aromatic heterocycles. The highest BCUT2D eigenvalue weighted by atomic mass is 16.5. The van der Waals surface area contributed by atoms with Crippen molar-refractivity contribution in [2.45, 2.75) is 26.7 Å². The number of aryl methyl sites for hydroxylation is 2. The average molecular weight is 391 g/mol. The number of methoxy groups -OCH3 is 1. The first-order valence-electron chi connectivity index (χ1n) is 9.56. The smallest absolute Gasteiger partial charge is 0.156 e. The van der Waals surface area contributed by atoms with Crippen LogP contribution in [-0.2, 0) is 4.74 Å². The third kappa shape index (κ3) is 6.35. The number of allylic oxidation sites excluding steroid dienone is 1. The lowest BCUT2D eigenvalue weighted by molar-refractivity contribution is 0.338. The van der Waals surface area contributed by atoms with Gasteiger partial charge in [-0.3, -0.25) is 4.99 Å². The van der Waals surface area contributed by atoms with Gasteiger partial charge in [-0.2, -0.15) is 0 Å². The Bertz CT molecular complexity index is 924. The van der Waals surface area contributed by atoms with Gasteiger partial charge in [0.05, 0.1) is 13.4 Å². The number of aliphatic imine (C=N–C) groups is 2. The molecule has 5 nitrogen and oxygen atoms in total. The fraction of sp³-hybridized carbons (Fsp3) is 0.250. The molecule has 0 aliphatic carbocycles. The maximum Gasteiger partial charge on any atom is 0.156 e. The van der Waals surface area contributed by atoms with E-state index >= 15 is 0 Å². The van der Waals surface area contributed by atoms with E-state index in [4.69, 9.17) is 15.5 Å². The summed E-state index contributed by atoms with van der Waals surface area (Å²) in [6.45, 7) is 6.28. The van der Waals surface area contributed by atoms with E-state index in [0.29, 0.717) is 11.7 Å². The topological polar surface area (TPSA) is 72.0 Å². The number of anilines is 1. The Balaban J connectivity index is 2.30. The van der Waals surface area contributed by atoms with Crippen molar-refractivity contribution in [1.29, 1.82) is 0 Å². The fourth-order valence-corrected chi connectivity index (χ4v) is 2.77. The van der Waals surface area contributed by atoms with Crippen LogP contribution in [0.25, 0.3) is 0 Å². The molecule has 2 rings (SSSR count). The predicted molar refractivity (Wildman–Crippen MR) is 124 cm³/mol. The average Bonchev–Trinajstić information content (AvgIpc) is 2.72. The molecule has 2 aromatic carbocycles. The first-order chi connectivity index (χ1) is 14.0. The van der Waals surface area contributed by atoms with Crippen molar-refractivity contribution in [3.63, 3.8) is 0 Å². The van der Waals surface area contributed by atoms with E-state index in [1.165, 1.54) is 16.7 Å². The van der Waals surface area contributed by atoms with E-state index in [1.807, 2.05) is 24.3 Å². The third-order valence-electron chi connectivity index (χ3n) is 4.67. The molecular formula is C24H30N4O. The summed E-state index contributed by atoms with van der Waals surface area (Å²) in [6.07, 6.45) is 6.90. The standard InChI is InChI=1S/C24H30N4O/c1-17-6-7-21(16-19(17)3)24(26-4)28-23(13-15-29-5)27-22-10-8-20(9-11-22)18(2)12-14-25/h6-16,18H,25H2,1-5H3,(H,26,27,28)/b14-12?,15-13+. The lowest BCUT2D eigenvalue weighted by atomic mass is 10.0. The normalized spacial score (nSPS) is 13.8. The van der Waals surface area contributed by atoms with Crippen LogP contribution in [0.15, 0.2) is 77.1 Å². The molecule has 3 N–H and O–H groups in total. The van der Waals surface area contributed by atoms with Crippen LogP contribution >= 0.6 is 0 Å². The van der Waals surface area contributed by atoms with Crippen molar-refractivity contribution in [3.8, 4) is 0 Å². The van der Waals surface area contributed by atoms with E-state index in [-0.39, 0.29) is 5.92 Å². The summed E-state index contributed by atoms with van der Waals surface area (Å²) < 4.78 is 5.08. The van der Waals surface area contributed by atoms with Gasteiger partial charge in [-0.25, -0.2) is 4.99 Å². The second kappa shape index (κ2) is 10.9. The van der Waals surface area contributed by atoms with Crippen molar-refractivity contribution >= 4 is 17.4 Å². The van der Waals surface area contributed by atoms with Crippen LogP contribution in [0.2, 0.25) is 0 Å². The summed E-state index contributed by atoms with van der Waals surface area (Å²) >= 11 is 0. The SMILES string of the molecule is C\N=C(/N=C(\C=C\OC)Nc1ccc(C(C)C=CN)cc1)c1ccc(C)c(C)c1. The van der Waals surface area contributed by atoms with E-state index in [9.17, 15) is 0 Å². The molecule has 0 radical (unpaired) electrons. The zero-order valence-electron chi connectivity index (χ0n) is 17.8. The molecule has 2 aromatic rings. The first kappa shape index (κ1) is 22.0. The highest BCUT2D eigenvalue weighted by Crippen LogP contribution is 2.19. The van der Waals surface area contributed by atoms with Crippen molar-refractivity contribution in [2.24, 2.45) is 15.7 Å². The van der Waals surface area contributed by atoms with E-state index in [1.54, 1.807) is 32.7 Å². The molecule has 5 heteroatoms. The summed E-state index contributed by atoms with van der Waals surface area (Å²) in [5, 5.41) is 3.33. The minimum Gasteiger partial charge on any atom is -0.504 e. The fourth-order valence-electron chi connectivity index (χ4n) is 2.77. The van der Waals surface area contributed by atoms with Crippen LogP contribution in [0.4, 0.5) is 5.69 Å². The molecule has 0 heterocycles. The van der Waals surface area contributed by atoms with E-state index in [0.717, 1.165) is 11.3 Å². The van der Waals surface area contributed by atoms with Gasteiger partial charge in [-0.05, 0) is 54.9 Å². The van der Waals surface area contributed by atoms with Crippen molar-refractivity contribution in [2.75, 3.05) is 19.5 Å². The Labute approximate surface area is 173 Å². The maximum absolute atomic E-state index is 5.49. The highest BCUT2D eigenvalue weighted by Gasteiger charge is 2.07. The van der Waals surface area contributed by atoms with Crippen LogP contribution in [0.3, 0.4) is 0 Å². The second-order valence-corrected chi connectivity index (χ2v) is 6.80. The minimum absolute atomic E-state index is 0.263. The Morgan fingerprint density at radius 2 is 1.83 bits per heavy atom. The number of hydrogen-bond donors (Lipinski definition) is 2. The molecule has 0 saturated carbocycles. The largest absolute Gasteiger partial charge is 0.504 e. The monoisotopic (exact) mass is 390 g/mol. The van der Waals surface area contributed by atoms with E-state index < -0.39 is 0 Å². The molecule has 29 heavy (non-hydrogen) atoms. The van der Waals surface area contributed by atoms with Gasteiger partial charge in [-0.15, -0.1) is 0 Å². The number of nitrogens with zero attached hydrogens (tertiary/aromatic N) is 2. The van der Waals surface area contributed by atoms with Gasteiger partial charge in [-0.1, -0.05) is 37.3 Å². The Kier molecular flexibility index (Phi) is 8.22. The molecule has 0 spiro atoms. The van der Waals surface area contributed by atoms with Gasteiger partial charge in [0.15, 0.2) is 5.84 Å². The van der Waals surface area contributed by atoms with Crippen molar-refractivity contribution in [3.05, 3.63) is 89.3 Å². The van der Waals surface area contributed by atoms with Crippen LogP contribution < -0.4 is 11.1 Å². The quantitative estimate of drug-likeness (QED) is 0.417. The Morgan fingerprint density at radius 3 is 2.41 bits per heavy atom. The third-order valence-corrected chi connectivity index (χ3v) is 4.67. The zero-order valence-corrected chi connectivity index (χ0v) is 17.8. The van der Waals surface area contributed by atoms with Crippen LogP contribution in [0.5, 0.6) is 0 Å². The number of nitrogens with two attached hydrogens (primary N) is 1. The van der Waals surface area contributed by atoms with Gasteiger partial charge in [0.2, 0.25) is 0 Å². The molecular weight excluding hydrogens is 360 g/mol. The summed E-state index contributed by atoms with van der Waals surface area (Å²) in [4.78, 5) is 9.09. The van der Waals surface area contributed by atoms with Crippen molar-refractivity contribution < 1.29 is 4.74 Å². The lowest BCUT2D eigenvalue weighted by Gasteiger charge is -2.11. The van der Waals surface area contributed by atoms with Gasteiger partial charge in [0, 0.05) is 30.3 Å². The Hall–Kier alpha value is -3.34. The summed E-state index contributed by atoms with van der Waals surface area (Å²) in [5.41, 5.74) is 11.0. The van der Waals surface area contributed by atoms with Crippen LogP contribution in [0.1, 0.15) is 35.1 Å². The number of ether oxygens (including phenoxy) is 1. The van der Waals surface area contributed by atoms with Gasteiger partial charge < -0.3 is 15.8 Å². The summed E-state index contributed by atoms with van der Waals surface area (Å²) in [7, 11) is 3.35. The number of nitrogens with one attached hydrogen (secondary N) is 1. The van der Waals surface area contributed by atoms with Gasteiger partial charge in [0.1, 0.15) is 5.84 Å². The van der Waals surface area contributed by atoms with Gasteiger partial charge in [0.25, 0.3) is 0 Å². The molecule has 0 aliphatic heterocycles. The molecule has 1 unspecified atom stereocenters. The van der Waals surface area contributed by atoms with Crippen LogP contribution in [0, 0.1) is 13.8 Å². The molecule has 0 aliphatic rings. The molecule has 1 atom stereocenters. The first-order valence-corrected chi connectivity index (χ1v) is 9.56. The molecule has 0 bridgehead atoms. The maximum atomic E-state index is 5.49. The number of amidine groups is 2. The minimum atomic E-state index is 0.263. The molecule has 0 fully saturated rings. The lowest BCUT2D eigenvalue weighted by Crippen LogP contribution is -2.13. The predicted octanol–water partition coefficient (Wildman–Crippen LogP) is 4.93. The second-order valence-electron chi connectivity index (χ2n) is 6.80. The Morgan fingerprint density at radius 1 is 1.10 bits per heavy atom. The zero-order chi connectivity index (χ0) is 21.2. The molecule has 0 amide bonds. The number of hydrogen-bond acceptors (Lipinski definition) is 3. The summed E-state index contributed by atoms with van der Waals surface area (Å²) in [5.74, 6) is 1.54. The van der Waals surface area contributed by atoms with E-state index in [2.05, 4.69) is 55.3 Å². The highest BCUT2D eigenvalue weighted by molar-refractivity contribution is 6.13. The van der Waals surface area contributed by atoms with Gasteiger partial charge >= 0.3 is 0 Å². The van der Waals surface area contributed by atoms with Crippen LogP contribution in [-0.4, -0.2) is 25.8 Å². The molecule has 152 valence electrons.